The van der Waals surface area contributed by atoms with Gasteiger partial charge >= 0.3 is 6.03 Å². The van der Waals surface area contributed by atoms with Crippen molar-refractivity contribution < 1.29 is 14.7 Å². The fourth-order valence-corrected chi connectivity index (χ4v) is 2.19. The number of anilines is 1. The Morgan fingerprint density at radius 3 is 2.29 bits per heavy atom. The molecule has 1 atom stereocenters. The monoisotopic (exact) mass is 292 g/mol. The molecule has 5 heteroatoms. The summed E-state index contributed by atoms with van der Waals surface area (Å²) in [5, 5.41) is 15.4. The zero-order valence-corrected chi connectivity index (χ0v) is 13.1. The molecule has 1 aromatic carbocycles. The Morgan fingerprint density at radius 1 is 1.24 bits per heavy atom. The summed E-state index contributed by atoms with van der Waals surface area (Å²) in [6, 6.07) is 6.28. The number of carbonyl (C=O) groups excluding carboxylic acids is 2. The SMILES string of the molecule is CC(=O)c1ccc(NC(=O)NCC(C)(O)CC(C)C)cc1. The first-order chi connectivity index (χ1) is 9.69. The number of carbonyl (C=O) groups is 2. The van der Waals surface area contributed by atoms with Crippen LogP contribution in [0.3, 0.4) is 0 Å². The standard InChI is InChI=1S/C16H24N2O3/c1-11(2)9-16(4,21)10-17-15(20)18-14-7-5-13(6-8-14)12(3)19/h5-8,11,21H,9-10H2,1-4H3,(H2,17,18,20). The van der Waals surface area contributed by atoms with E-state index in [0.717, 1.165) is 0 Å². The van der Waals surface area contributed by atoms with Crippen molar-refractivity contribution in [3.8, 4) is 0 Å². The first kappa shape index (κ1) is 17.2. The topological polar surface area (TPSA) is 78.4 Å². The van der Waals surface area contributed by atoms with Crippen LogP contribution in [-0.4, -0.2) is 29.1 Å². The molecular weight excluding hydrogens is 268 g/mol. The van der Waals surface area contributed by atoms with Gasteiger partial charge in [0.1, 0.15) is 0 Å². The highest BCUT2D eigenvalue weighted by Crippen LogP contribution is 2.15. The third kappa shape index (κ3) is 6.40. The van der Waals surface area contributed by atoms with Crippen molar-refractivity contribution in [1.29, 1.82) is 0 Å². The number of aliphatic hydroxyl groups is 1. The molecule has 5 nitrogen and oxygen atoms in total. The van der Waals surface area contributed by atoms with Crippen molar-refractivity contribution in [2.75, 3.05) is 11.9 Å². The van der Waals surface area contributed by atoms with Gasteiger partial charge in [-0.3, -0.25) is 4.79 Å². The van der Waals surface area contributed by atoms with E-state index in [1.165, 1.54) is 6.92 Å². The van der Waals surface area contributed by atoms with Crippen LogP contribution in [0.2, 0.25) is 0 Å². The second kappa shape index (κ2) is 7.22. The number of urea groups is 1. The Labute approximate surface area is 125 Å². The summed E-state index contributed by atoms with van der Waals surface area (Å²) in [6.45, 7) is 7.42. The van der Waals surface area contributed by atoms with Gasteiger partial charge in [0, 0.05) is 17.8 Å². The van der Waals surface area contributed by atoms with Crippen molar-refractivity contribution >= 4 is 17.5 Å². The van der Waals surface area contributed by atoms with Gasteiger partial charge in [0.05, 0.1) is 5.60 Å². The molecule has 0 aliphatic carbocycles. The molecular formula is C16H24N2O3. The smallest absolute Gasteiger partial charge is 0.319 e. The average molecular weight is 292 g/mol. The van der Waals surface area contributed by atoms with Crippen LogP contribution >= 0.6 is 0 Å². The van der Waals surface area contributed by atoms with E-state index in [0.29, 0.717) is 23.6 Å². The van der Waals surface area contributed by atoms with E-state index in [4.69, 9.17) is 0 Å². The van der Waals surface area contributed by atoms with Crippen LogP contribution in [0.25, 0.3) is 0 Å². The molecule has 0 saturated heterocycles. The number of ketones is 1. The summed E-state index contributed by atoms with van der Waals surface area (Å²) in [5.74, 6) is 0.333. The minimum Gasteiger partial charge on any atom is -0.388 e. The number of rotatable bonds is 6. The van der Waals surface area contributed by atoms with E-state index in [1.807, 2.05) is 13.8 Å². The van der Waals surface area contributed by atoms with E-state index >= 15 is 0 Å². The lowest BCUT2D eigenvalue weighted by Crippen LogP contribution is -2.43. The average Bonchev–Trinajstić information content (AvgIpc) is 2.36. The summed E-state index contributed by atoms with van der Waals surface area (Å²) in [7, 11) is 0. The predicted octanol–water partition coefficient (Wildman–Crippen LogP) is 2.81. The van der Waals surface area contributed by atoms with Crippen LogP contribution in [0.1, 0.15) is 44.5 Å². The summed E-state index contributed by atoms with van der Waals surface area (Å²) in [4.78, 5) is 22.9. The molecule has 0 aliphatic heterocycles. The molecule has 0 aliphatic rings. The molecule has 116 valence electrons. The first-order valence-corrected chi connectivity index (χ1v) is 7.08. The highest BCUT2D eigenvalue weighted by Gasteiger charge is 2.22. The van der Waals surface area contributed by atoms with Gasteiger partial charge in [-0.1, -0.05) is 13.8 Å². The summed E-state index contributed by atoms with van der Waals surface area (Å²) >= 11 is 0. The maximum absolute atomic E-state index is 11.8. The molecule has 0 heterocycles. The fraction of sp³-hybridized carbons (Fsp3) is 0.500. The molecule has 0 spiro atoms. The Bertz CT molecular complexity index is 493. The van der Waals surface area contributed by atoms with Crippen LogP contribution < -0.4 is 10.6 Å². The van der Waals surface area contributed by atoms with E-state index in [9.17, 15) is 14.7 Å². The molecule has 0 bridgehead atoms. The van der Waals surface area contributed by atoms with Gasteiger partial charge in [0.2, 0.25) is 0 Å². The fourth-order valence-electron chi connectivity index (χ4n) is 2.19. The predicted molar refractivity (Wildman–Crippen MR) is 83.5 cm³/mol. The van der Waals surface area contributed by atoms with Gasteiger partial charge < -0.3 is 15.7 Å². The number of nitrogens with one attached hydrogen (secondary N) is 2. The quantitative estimate of drug-likeness (QED) is 0.705. The Morgan fingerprint density at radius 2 is 1.81 bits per heavy atom. The lowest BCUT2D eigenvalue weighted by molar-refractivity contribution is 0.0413. The minimum atomic E-state index is -0.927. The Hall–Kier alpha value is -1.88. The molecule has 21 heavy (non-hydrogen) atoms. The van der Waals surface area contributed by atoms with E-state index < -0.39 is 5.60 Å². The number of amides is 2. The molecule has 2 amide bonds. The normalized spacial score (nSPS) is 13.6. The Balaban J connectivity index is 2.48. The van der Waals surface area contributed by atoms with Crippen molar-refractivity contribution in [3.63, 3.8) is 0 Å². The van der Waals surface area contributed by atoms with Gasteiger partial charge in [0.15, 0.2) is 5.78 Å². The van der Waals surface area contributed by atoms with Gasteiger partial charge in [-0.2, -0.15) is 0 Å². The van der Waals surface area contributed by atoms with Crippen molar-refractivity contribution in [3.05, 3.63) is 29.8 Å². The maximum Gasteiger partial charge on any atom is 0.319 e. The summed E-state index contributed by atoms with van der Waals surface area (Å²) < 4.78 is 0. The van der Waals surface area contributed by atoms with Crippen LogP contribution in [0.5, 0.6) is 0 Å². The number of hydrogen-bond donors (Lipinski definition) is 3. The third-order valence-electron chi connectivity index (χ3n) is 3.03. The highest BCUT2D eigenvalue weighted by molar-refractivity contribution is 5.95. The molecule has 0 fully saturated rings. The van der Waals surface area contributed by atoms with Gasteiger partial charge in [-0.25, -0.2) is 4.79 Å². The lowest BCUT2D eigenvalue weighted by atomic mass is 9.94. The molecule has 3 N–H and O–H groups in total. The van der Waals surface area contributed by atoms with E-state index in [1.54, 1.807) is 31.2 Å². The van der Waals surface area contributed by atoms with Crippen LogP contribution in [0.15, 0.2) is 24.3 Å². The second-order valence-electron chi connectivity index (χ2n) is 6.04. The minimum absolute atomic E-state index is 0.0178. The van der Waals surface area contributed by atoms with E-state index in [-0.39, 0.29) is 18.4 Å². The third-order valence-corrected chi connectivity index (χ3v) is 3.03. The van der Waals surface area contributed by atoms with Crippen LogP contribution in [-0.2, 0) is 0 Å². The molecule has 1 aromatic rings. The second-order valence-corrected chi connectivity index (χ2v) is 6.04. The molecule has 1 unspecified atom stereocenters. The first-order valence-electron chi connectivity index (χ1n) is 7.08. The van der Waals surface area contributed by atoms with Gasteiger partial charge in [-0.15, -0.1) is 0 Å². The maximum atomic E-state index is 11.8. The van der Waals surface area contributed by atoms with Crippen LogP contribution in [0, 0.1) is 5.92 Å². The number of hydrogen-bond acceptors (Lipinski definition) is 3. The van der Waals surface area contributed by atoms with Crippen LogP contribution in [0.4, 0.5) is 10.5 Å². The lowest BCUT2D eigenvalue weighted by Gasteiger charge is -2.25. The zero-order valence-electron chi connectivity index (χ0n) is 13.1. The number of Topliss-reactive ketones (excluding diaryl/α,β-unsaturated/α-hetero) is 1. The molecule has 1 rings (SSSR count). The van der Waals surface area contributed by atoms with Crippen molar-refractivity contribution in [2.24, 2.45) is 5.92 Å². The summed E-state index contributed by atoms with van der Waals surface area (Å²) in [5.41, 5.74) is 0.270. The van der Waals surface area contributed by atoms with Gasteiger partial charge in [0.25, 0.3) is 0 Å². The van der Waals surface area contributed by atoms with Crippen molar-refractivity contribution in [2.45, 2.75) is 39.7 Å². The van der Waals surface area contributed by atoms with E-state index in [2.05, 4.69) is 10.6 Å². The number of benzene rings is 1. The van der Waals surface area contributed by atoms with Crippen molar-refractivity contribution in [1.82, 2.24) is 5.32 Å². The Kier molecular flexibility index (Phi) is 5.90. The van der Waals surface area contributed by atoms with Gasteiger partial charge in [-0.05, 0) is 50.5 Å². The molecule has 0 saturated carbocycles. The largest absolute Gasteiger partial charge is 0.388 e. The molecule has 0 radical (unpaired) electrons. The molecule has 0 aromatic heterocycles. The highest BCUT2D eigenvalue weighted by atomic mass is 16.3. The zero-order chi connectivity index (χ0) is 16.0. The summed E-state index contributed by atoms with van der Waals surface area (Å²) in [6.07, 6.45) is 0.612.